The molecule has 110 valence electrons. The number of ether oxygens (including phenoxy) is 1. The van der Waals surface area contributed by atoms with Crippen LogP contribution in [0.3, 0.4) is 0 Å². The molecular formula is C15H15ClN2O3. The molecule has 0 spiro atoms. The minimum absolute atomic E-state index is 0.0800. The first-order chi connectivity index (χ1) is 9.92. The van der Waals surface area contributed by atoms with E-state index in [0.29, 0.717) is 34.2 Å². The van der Waals surface area contributed by atoms with Crippen molar-refractivity contribution in [3.63, 3.8) is 0 Å². The van der Waals surface area contributed by atoms with E-state index >= 15 is 0 Å². The number of hydrogen-bond donors (Lipinski definition) is 1. The molecule has 5 nitrogen and oxygen atoms in total. The maximum absolute atomic E-state index is 10.9. The average Bonchev–Trinajstić information content (AvgIpc) is 2.42. The van der Waals surface area contributed by atoms with E-state index in [-0.39, 0.29) is 5.69 Å². The Hall–Kier alpha value is -2.11. The summed E-state index contributed by atoms with van der Waals surface area (Å²) in [5, 5.41) is 11.4. The van der Waals surface area contributed by atoms with Crippen molar-refractivity contribution in [2.45, 2.75) is 20.4 Å². The Balaban J connectivity index is 2.34. The number of rotatable bonds is 4. The third-order valence-electron chi connectivity index (χ3n) is 3.16. The summed E-state index contributed by atoms with van der Waals surface area (Å²) in [7, 11) is 0. The van der Waals surface area contributed by atoms with Crippen molar-refractivity contribution >= 4 is 17.3 Å². The van der Waals surface area contributed by atoms with E-state index < -0.39 is 4.92 Å². The molecule has 0 atom stereocenters. The van der Waals surface area contributed by atoms with Crippen LogP contribution in [0.1, 0.15) is 16.7 Å². The molecule has 2 aromatic rings. The van der Waals surface area contributed by atoms with Gasteiger partial charge in [-0.25, -0.2) is 0 Å². The summed E-state index contributed by atoms with van der Waals surface area (Å²) < 4.78 is 5.76. The highest BCUT2D eigenvalue weighted by Crippen LogP contribution is 2.32. The lowest BCUT2D eigenvalue weighted by atomic mass is 10.1. The van der Waals surface area contributed by atoms with Gasteiger partial charge in [-0.15, -0.1) is 0 Å². The van der Waals surface area contributed by atoms with Crippen molar-refractivity contribution in [1.29, 1.82) is 0 Å². The normalized spacial score (nSPS) is 10.5. The van der Waals surface area contributed by atoms with Gasteiger partial charge in [-0.3, -0.25) is 10.1 Å². The molecule has 0 aliphatic rings. The minimum atomic E-state index is -0.404. The molecule has 0 unspecified atom stereocenters. The van der Waals surface area contributed by atoms with Crippen molar-refractivity contribution in [2.75, 3.05) is 0 Å². The van der Waals surface area contributed by atoms with Gasteiger partial charge in [0, 0.05) is 23.2 Å². The van der Waals surface area contributed by atoms with Crippen LogP contribution in [0.4, 0.5) is 5.69 Å². The smallest absolute Gasteiger partial charge is 0.272 e. The van der Waals surface area contributed by atoms with Gasteiger partial charge in [-0.1, -0.05) is 17.7 Å². The van der Waals surface area contributed by atoms with Gasteiger partial charge in [0.05, 0.1) is 4.92 Å². The Morgan fingerprint density at radius 3 is 2.52 bits per heavy atom. The van der Waals surface area contributed by atoms with Gasteiger partial charge in [0.1, 0.15) is 11.5 Å². The number of nitro benzene ring substituents is 1. The Bertz CT molecular complexity index is 702. The predicted octanol–water partition coefficient (Wildman–Crippen LogP) is 4.12. The van der Waals surface area contributed by atoms with Gasteiger partial charge in [-0.05, 0) is 43.2 Å². The Labute approximate surface area is 127 Å². The van der Waals surface area contributed by atoms with Crippen molar-refractivity contribution < 1.29 is 9.66 Å². The van der Waals surface area contributed by atoms with Crippen LogP contribution in [-0.4, -0.2) is 4.92 Å². The number of halogens is 1. The SMILES string of the molecule is Cc1cc([N+](=O)[O-])c(C)cc1Oc1ccc(CN)c(Cl)c1. The van der Waals surface area contributed by atoms with Crippen LogP contribution >= 0.6 is 11.6 Å². The zero-order chi connectivity index (χ0) is 15.6. The lowest BCUT2D eigenvalue weighted by molar-refractivity contribution is -0.385. The second-order valence-electron chi connectivity index (χ2n) is 4.72. The molecule has 0 amide bonds. The van der Waals surface area contributed by atoms with E-state index in [1.807, 2.05) is 0 Å². The van der Waals surface area contributed by atoms with E-state index in [2.05, 4.69) is 0 Å². The molecule has 2 N–H and O–H groups in total. The first-order valence-electron chi connectivity index (χ1n) is 6.34. The van der Waals surface area contributed by atoms with Crippen LogP contribution in [0, 0.1) is 24.0 Å². The number of nitro groups is 1. The quantitative estimate of drug-likeness (QED) is 0.681. The Morgan fingerprint density at radius 1 is 1.24 bits per heavy atom. The highest BCUT2D eigenvalue weighted by atomic mass is 35.5. The van der Waals surface area contributed by atoms with Gasteiger partial charge in [0.15, 0.2) is 0 Å². The van der Waals surface area contributed by atoms with E-state index in [0.717, 1.165) is 5.56 Å². The highest BCUT2D eigenvalue weighted by molar-refractivity contribution is 6.31. The standard InChI is InChI=1S/C15H15ClN2O3/c1-9-6-15(10(2)5-14(9)18(19)20)21-12-4-3-11(8-17)13(16)7-12/h3-7H,8,17H2,1-2H3. The first-order valence-corrected chi connectivity index (χ1v) is 6.72. The fourth-order valence-electron chi connectivity index (χ4n) is 1.97. The minimum Gasteiger partial charge on any atom is -0.457 e. The zero-order valence-corrected chi connectivity index (χ0v) is 12.5. The topological polar surface area (TPSA) is 78.4 Å². The first kappa shape index (κ1) is 15.3. The maximum atomic E-state index is 10.9. The lowest BCUT2D eigenvalue weighted by Gasteiger charge is -2.11. The summed E-state index contributed by atoms with van der Waals surface area (Å²) in [6.45, 7) is 3.79. The van der Waals surface area contributed by atoms with Crippen molar-refractivity contribution in [2.24, 2.45) is 5.73 Å². The van der Waals surface area contributed by atoms with Crippen LogP contribution in [-0.2, 0) is 6.54 Å². The molecule has 0 aromatic heterocycles. The molecule has 0 bridgehead atoms. The Kier molecular flexibility index (Phi) is 4.45. The van der Waals surface area contributed by atoms with E-state index in [1.165, 1.54) is 6.07 Å². The number of hydrogen-bond acceptors (Lipinski definition) is 4. The zero-order valence-electron chi connectivity index (χ0n) is 11.7. The third kappa shape index (κ3) is 3.32. The van der Waals surface area contributed by atoms with Crippen LogP contribution in [0.5, 0.6) is 11.5 Å². The summed E-state index contributed by atoms with van der Waals surface area (Å²) in [4.78, 5) is 10.5. The number of nitrogens with zero attached hydrogens (tertiary/aromatic N) is 1. The maximum Gasteiger partial charge on any atom is 0.272 e. The Morgan fingerprint density at radius 2 is 1.95 bits per heavy atom. The molecule has 0 fully saturated rings. The van der Waals surface area contributed by atoms with Crippen LogP contribution in [0.2, 0.25) is 5.02 Å². The van der Waals surface area contributed by atoms with Gasteiger partial charge in [-0.2, -0.15) is 0 Å². The molecule has 6 heteroatoms. The highest BCUT2D eigenvalue weighted by Gasteiger charge is 2.14. The van der Waals surface area contributed by atoms with Crippen LogP contribution in [0.25, 0.3) is 0 Å². The van der Waals surface area contributed by atoms with Gasteiger partial charge >= 0.3 is 0 Å². The van der Waals surface area contributed by atoms with Crippen molar-refractivity contribution in [3.05, 3.63) is 62.2 Å². The summed E-state index contributed by atoms with van der Waals surface area (Å²) >= 11 is 6.08. The van der Waals surface area contributed by atoms with E-state index in [4.69, 9.17) is 22.1 Å². The van der Waals surface area contributed by atoms with Crippen LogP contribution < -0.4 is 10.5 Å². The third-order valence-corrected chi connectivity index (χ3v) is 3.51. The fraction of sp³-hybridized carbons (Fsp3) is 0.200. The molecule has 2 rings (SSSR count). The molecule has 21 heavy (non-hydrogen) atoms. The van der Waals surface area contributed by atoms with E-state index in [1.54, 1.807) is 38.1 Å². The van der Waals surface area contributed by atoms with E-state index in [9.17, 15) is 10.1 Å². The van der Waals surface area contributed by atoms with Gasteiger partial charge in [0.25, 0.3) is 5.69 Å². The number of nitrogens with two attached hydrogens (primary N) is 1. The summed E-state index contributed by atoms with van der Waals surface area (Å²) in [6, 6.07) is 8.40. The van der Waals surface area contributed by atoms with Crippen LogP contribution in [0.15, 0.2) is 30.3 Å². The van der Waals surface area contributed by atoms with Crippen molar-refractivity contribution in [3.8, 4) is 11.5 Å². The summed E-state index contributed by atoms with van der Waals surface area (Å²) in [6.07, 6.45) is 0. The molecular weight excluding hydrogens is 292 g/mol. The predicted molar refractivity (Wildman–Crippen MR) is 82.0 cm³/mol. The van der Waals surface area contributed by atoms with Crippen molar-refractivity contribution in [1.82, 2.24) is 0 Å². The largest absolute Gasteiger partial charge is 0.457 e. The summed E-state index contributed by atoms with van der Waals surface area (Å²) in [5.41, 5.74) is 7.70. The average molecular weight is 307 g/mol. The molecule has 0 heterocycles. The molecule has 2 aromatic carbocycles. The van der Waals surface area contributed by atoms with Gasteiger partial charge < -0.3 is 10.5 Å². The number of benzene rings is 2. The van der Waals surface area contributed by atoms with Gasteiger partial charge in [0.2, 0.25) is 0 Å². The fourth-order valence-corrected chi connectivity index (χ4v) is 2.21. The molecule has 0 aliphatic heterocycles. The molecule has 0 aliphatic carbocycles. The summed E-state index contributed by atoms with van der Waals surface area (Å²) in [5.74, 6) is 1.13. The second kappa shape index (κ2) is 6.11. The number of aryl methyl sites for hydroxylation is 2. The second-order valence-corrected chi connectivity index (χ2v) is 5.13. The molecule has 0 saturated carbocycles. The molecule has 0 saturated heterocycles. The lowest BCUT2D eigenvalue weighted by Crippen LogP contribution is -1.98. The molecule has 0 radical (unpaired) electrons. The monoisotopic (exact) mass is 306 g/mol.